The fourth-order valence-electron chi connectivity index (χ4n) is 2.17. The molecule has 1 aliphatic rings. The van der Waals surface area contributed by atoms with E-state index in [0.717, 1.165) is 31.6 Å². The molecule has 116 valence electrons. The predicted octanol–water partition coefficient (Wildman–Crippen LogP) is 0.891. The van der Waals surface area contributed by atoms with Crippen LogP contribution in [0, 0.1) is 6.92 Å². The van der Waals surface area contributed by atoms with E-state index in [1.165, 1.54) is 7.11 Å². The predicted molar refractivity (Wildman–Crippen MR) is 78.4 cm³/mol. The average Bonchev–Trinajstić information content (AvgIpc) is 2.47. The number of carbonyl (C=O) groups is 1. The van der Waals surface area contributed by atoms with Crippen molar-refractivity contribution in [2.75, 3.05) is 32.1 Å². The van der Waals surface area contributed by atoms with Crippen molar-refractivity contribution in [1.29, 1.82) is 0 Å². The molecular formula is C14H22N4O3. The quantitative estimate of drug-likeness (QED) is 0.810. The molecule has 0 atom stereocenters. The summed E-state index contributed by atoms with van der Waals surface area (Å²) < 4.78 is 10.7. The summed E-state index contributed by atoms with van der Waals surface area (Å²) in [5.41, 5.74) is 0.739. The van der Waals surface area contributed by atoms with E-state index in [1.54, 1.807) is 6.07 Å². The molecule has 2 heterocycles. The zero-order valence-electron chi connectivity index (χ0n) is 12.5. The molecule has 1 aromatic heterocycles. The summed E-state index contributed by atoms with van der Waals surface area (Å²) >= 11 is 0. The first kappa shape index (κ1) is 15.7. The van der Waals surface area contributed by atoms with Gasteiger partial charge in [0.2, 0.25) is 17.7 Å². The minimum absolute atomic E-state index is 0.156. The van der Waals surface area contributed by atoms with Crippen LogP contribution >= 0.6 is 0 Å². The van der Waals surface area contributed by atoms with Crippen LogP contribution in [0.3, 0.4) is 0 Å². The Bertz CT molecular complexity index is 475. The lowest BCUT2D eigenvalue weighted by Gasteiger charge is -2.22. The summed E-state index contributed by atoms with van der Waals surface area (Å²) in [6.07, 6.45) is 2.55. The van der Waals surface area contributed by atoms with E-state index in [2.05, 4.69) is 20.6 Å². The van der Waals surface area contributed by atoms with Gasteiger partial charge in [0, 0.05) is 11.8 Å². The maximum atomic E-state index is 11.8. The highest BCUT2D eigenvalue weighted by Crippen LogP contribution is 2.12. The van der Waals surface area contributed by atoms with Gasteiger partial charge in [0.25, 0.3) is 0 Å². The smallest absolute Gasteiger partial charge is 0.232 e. The molecule has 1 saturated heterocycles. The third-order valence-corrected chi connectivity index (χ3v) is 3.26. The lowest BCUT2D eigenvalue weighted by atomic mass is 10.1. The van der Waals surface area contributed by atoms with Gasteiger partial charge in [-0.1, -0.05) is 0 Å². The first-order valence-corrected chi connectivity index (χ1v) is 7.19. The molecule has 1 fully saturated rings. The highest BCUT2D eigenvalue weighted by molar-refractivity contribution is 5.89. The van der Waals surface area contributed by atoms with E-state index in [9.17, 15) is 4.79 Å². The topological polar surface area (TPSA) is 85.4 Å². The lowest BCUT2D eigenvalue weighted by Crippen LogP contribution is -2.33. The zero-order valence-corrected chi connectivity index (χ0v) is 12.5. The first-order valence-electron chi connectivity index (χ1n) is 7.19. The second-order valence-electron chi connectivity index (χ2n) is 4.99. The van der Waals surface area contributed by atoms with Gasteiger partial charge >= 0.3 is 0 Å². The molecular weight excluding hydrogens is 272 g/mol. The Labute approximate surface area is 124 Å². The van der Waals surface area contributed by atoms with Gasteiger partial charge in [-0.05, 0) is 32.9 Å². The van der Waals surface area contributed by atoms with E-state index in [-0.39, 0.29) is 18.0 Å². The van der Waals surface area contributed by atoms with Crippen molar-refractivity contribution in [1.82, 2.24) is 15.3 Å². The van der Waals surface area contributed by atoms with Crippen LogP contribution in [-0.2, 0) is 9.53 Å². The van der Waals surface area contributed by atoms with Crippen LogP contribution in [0.5, 0.6) is 5.88 Å². The number of anilines is 1. The molecule has 1 amide bonds. The standard InChI is InChI=1S/C14H22N4O3/c1-10-9-13(20-2)18-14(16-10)17-12(19)5-8-21-11-3-6-15-7-4-11/h9,11,15H,3-8H2,1-2H3,(H,16,17,18,19). The molecule has 1 aromatic rings. The number of piperidine rings is 1. The number of nitrogens with zero attached hydrogens (tertiary/aromatic N) is 2. The summed E-state index contributed by atoms with van der Waals surface area (Å²) in [6, 6.07) is 1.70. The second-order valence-corrected chi connectivity index (χ2v) is 4.99. The molecule has 0 aromatic carbocycles. The van der Waals surface area contributed by atoms with Gasteiger partial charge in [-0.15, -0.1) is 0 Å². The van der Waals surface area contributed by atoms with Gasteiger partial charge < -0.3 is 14.8 Å². The van der Waals surface area contributed by atoms with Crippen LogP contribution in [0.15, 0.2) is 6.07 Å². The van der Waals surface area contributed by atoms with Crippen molar-refractivity contribution in [2.45, 2.75) is 32.3 Å². The second kappa shape index (κ2) is 7.90. The summed E-state index contributed by atoms with van der Waals surface area (Å²) in [4.78, 5) is 20.1. The largest absolute Gasteiger partial charge is 0.481 e. The maximum absolute atomic E-state index is 11.8. The van der Waals surface area contributed by atoms with Crippen LogP contribution in [0.1, 0.15) is 25.0 Å². The number of aromatic nitrogens is 2. The summed E-state index contributed by atoms with van der Waals surface area (Å²) in [7, 11) is 1.53. The monoisotopic (exact) mass is 294 g/mol. The van der Waals surface area contributed by atoms with E-state index >= 15 is 0 Å². The van der Waals surface area contributed by atoms with Crippen LogP contribution in [0.25, 0.3) is 0 Å². The number of hydrogen-bond acceptors (Lipinski definition) is 6. The number of amides is 1. The molecule has 0 radical (unpaired) electrons. The van der Waals surface area contributed by atoms with E-state index < -0.39 is 0 Å². The van der Waals surface area contributed by atoms with E-state index in [4.69, 9.17) is 9.47 Å². The van der Waals surface area contributed by atoms with E-state index in [1.807, 2.05) is 6.92 Å². The van der Waals surface area contributed by atoms with Crippen molar-refractivity contribution < 1.29 is 14.3 Å². The Kier molecular flexibility index (Phi) is 5.89. The minimum atomic E-state index is -0.156. The fraction of sp³-hybridized carbons (Fsp3) is 0.643. The average molecular weight is 294 g/mol. The Morgan fingerprint density at radius 1 is 1.43 bits per heavy atom. The summed E-state index contributed by atoms with van der Waals surface area (Å²) in [6.45, 7) is 4.20. The van der Waals surface area contributed by atoms with Crippen molar-refractivity contribution >= 4 is 11.9 Å². The number of methoxy groups -OCH3 is 1. The molecule has 0 unspecified atom stereocenters. The molecule has 2 N–H and O–H groups in total. The normalized spacial score (nSPS) is 15.7. The van der Waals surface area contributed by atoms with Crippen molar-refractivity contribution in [2.24, 2.45) is 0 Å². The van der Waals surface area contributed by atoms with Gasteiger partial charge in [0.15, 0.2) is 0 Å². The molecule has 2 rings (SSSR count). The minimum Gasteiger partial charge on any atom is -0.481 e. The zero-order chi connectivity index (χ0) is 15.1. The molecule has 0 bridgehead atoms. The van der Waals surface area contributed by atoms with Crippen molar-refractivity contribution in [3.63, 3.8) is 0 Å². The molecule has 0 saturated carbocycles. The number of carbonyl (C=O) groups excluding carboxylic acids is 1. The highest BCUT2D eigenvalue weighted by Gasteiger charge is 2.14. The maximum Gasteiger partial charge on any atom is 0.232 e. The van der Waals surface area contributed by atoms with Gasteiger partial charge in [0.1, 0.15) is 0 Å². The Morgan fingerprint density at radius 2 is 2.19 bits per heavy atom. The number of rotatable bonds is 6. The van der Waals surface area contributed by atoms with Gasteiger partial charge in [-0.3, -0.25) is 10.1 Å². The molecule has 1 aliphatic heterocycles. The Hall–Kier alpha value is -1.73. The molecule has 0 aliphatic carbocycles. The molecule has 21 heavy (non-hydrogen) atoms. The highest BCUT2D eigenvalue weighted by atomic mass is 16.5. The van der Waals surface area contributed by atoms with Gasteiger partial charge in [0.05, 0.1) is 26.2 Å². The van der Waals surface area contributed by atoms with Crippen LogP contribution < -0.4 is 15.4 Å². The van der Waals surface area contributed by atoms with Crippen LogP contribution in [-0.4, -0.2) is 48.8 Å². The van der Waals surface area contributed by atoms with Crippen LogP contribution in [0.4, 0.5) is 5.95 Å². The Balaban J connectivity index is 1.75. The summed E-state index contributed by atoms with van der Waals surface area (Å²) in [5.74, 6) is 0.541. The molecule has 0 spiro atoms. The number of ether oxygens (including phenoxy) is 2. The molecule has 7 nitrogen and oxygen atoms in total. The van der Waals surface area contributed by atoms with Crippen molar-refractivity contribution in [3.8, 4) is 5.88 Å². The Morgan fingerprint density at radius 3 is 2.90 bits per heavy atom. The van der Waals surface area contributed by atoms with Gasteiger partial charge in [-0.2, -0.15) is 4.98 Å². The number of hydrogen-bond donors (Lipinski definition) is 2. The molecule has 7 heteroatoms. The first-order chi connectivity index (χ1) is 10.2. The lowest BCUT2D eigenvalue weighted by molar-refractivity contribution is -0.117. The van der Waals surface area contributed by atoms with E-state index in [0.29, 0.717) is 18.9 Å². The third-order valence-electron chi connectivity index (χ3n) is 3.26. The number of nitrogens with one attached hydrogen (secondary N) is 2. The fourth-order valence-corrected chi connectivity index (χ4v) is 2.17. The van der Waals surface area contributed by atoms with Gasteiger partial charge in [-0.25, -0.2) is 4.98 Å². The third kappa shape index (κ3) is 5.28. The van der Waals surface area contributed by atoms with Crippen LogP contribution in [0.2, 0.25) is 0 Å². The summed E-state index contributed by atoms with van der Waals surface area (Å²) in [5, 5.41) is 5.94. The van der Waals surface area contributed by atoms with Crippen molar-refractivity contribution in [3.05, 3.63) is 11.8 Å². The number of aryl methyl sites for hydroxylation is 1. The SMILES string of the molecule is COc1cc(C)nc(NC(=O)CCOC2CCNCC2)n1.